The number of aryl methyl sites for hydroxylation is 1. The average molecular weight is 416 g/mol. The van der Waals surface area contributed by atoms with E-state index < -0.39 is 6.04 Å². The first-order valence-electron chi connectivity index (χ1n) is 10.7. The summed E-state index contributed by atoms with van der Waals surface area (Å²) in [6.45, 7) is 2.06. The Labute approximate surface area is 189 Å². The van der Waals surface area contributed by atoms with Gasteiger partial charge in [-0.05, 0) is 24.6 Å². The van der Waals surface area contributed by atoms with E-state index in [9.17, 15) is 5.26 Å². The van der Waals surface area contributed by atoms with E-state index in [-0.39, 0.29) is 6.04 Å². The van der Waals surface area contributed by atoms with Gasteiger partial charge in [-0.2, -0.15) is 5.26 Å². The van der Waals surface area contributed by atoms with Crippen molar-refractivity contribution in [3.63, 3.8) is 0 Å². The van der Waals surface area contributed by atoms with Crippen molar-refractivity contribution >= 4 is 11.4 Å². The van der Waals surface area contributed by atoms with Crippen molar-refractivity contribution in [2.75, 3.05) is 5.32 Å². The maximum absolute atomic E-state index is 10.2. The lowest BCUT2D eigenvalue weighted by atomic mass is 9.97. The molecule has 1 N–H and O–H groups in total. The van der Waals surface area contributed by atoms with Crippen LogP contribution in [0.5, 0.6) is 0 Å². The number of anilines is 1. The molecule has 2 atom stereocenters. The highest BCUT2D eigenvalue weighted by Gasteiger charge is 2.24. The van der Waals surface area contributed by atoms with Crippen LogP contribution in [0.2, 0.25) is 0 Å². The van der Waals surface area contributed by atoms with Crippen LogP contribution in [-0.2, 0) is 0 Å². The Morgan fingerprint density at radius 1 is 0.719 bits per heavy atom. The van der Waals surface area contributed by atoms with Crippen LogP contribution in [0.4, 0.5) is 5.69 Å². The van der Waals surface area contributed by atoms with E-state index in [0.717, 1.165) is 28.1 Å². The quantitative estimate of drug-likeness (QED) is 0.347. The third-order valence-corrected chi connectivity index (χ3v) is 5.34. The number of aliphatic imine (C=N–C) groups is 1. The van der Waals surface area contributed by atoms with Gasteiger partial charge in [0.1, 0.15) is 0 Å². The van der Waals surface area contributed by atoms with Crippen molar-refractivity contribution in [3.05, 3.63) is 138 Å². The van der Waals surface area contributed by atoms with Crippen LogP contribution < -0.4 is 5.32 Å². The number of benzene rings is 4. The zero-order valence-corrected chi connectivity index (χ0v) is 18.0. The summed E-state index contributed by atoms with van der Waals surface area (Å²) in [5.41, 5.74) is 5.94. The first kappa shape index (κ1) is 21.1. The van der Waals surface area contributed by atoms with E-state index in [2.05, 4.69) is 42.6 Å². The highest BCUT2D eigenvalue weighted by atomic mass is 15.0. The van der Waals surface area contributed by atoms with Crippen molar-refractivity contribution in [2.45, 2.75) is 19.0 Å². The van der Waals surface area contributed by atoms with Gasteiger partial charge in [0, 0.05) is 16.8 Å². The first-order valence-corrected chi connectivity index (χ1v) is 10.7. The molecule has 0 fully saturated rings. The summed E-state index contributed by atoms with van der Waals surface area (Å²) in [6.07, 6.45) is 0. The number of nitrogens with zero attached hydrogens (tertiary/aromatic N) is 2. The second-order valence-electron chi connectivity index (χ2n) is 7.68. The van der Waals surface area contributed by atoms with Gasteiger partial charge < -0.3 is 5.32 Å². The lowest BCUT2D eigenvalue weighted by molar-refractivity contribution is 0.690. The third-order valence-electron chi connectivity index (χ3n) is 5.34. The van der Waals surface area contributed by atoms with Crippen molar-refractivity contribution < 1.29 is 0 Å². The van der Waals surface area contributed by atoms with Crippen LogP contribution in [0.15, 0.2) is 120 Å². The molecule has 0 aliphatic rings. The van der Waals surface area contributed by atoms with Crippen molar-refractivity contribution in [1.29, 1.82) is 5.26 Å². The Morgan fingerprint density at radius 3 is 1.72 bits per heavy atom. The summed E-state index contributed by atoms with van der Waals surface area (Å²) in [4.78, 5) is 5.02. The second kappa shape index (κ2) is 10.2. The second-order valence-corrected chi connectivity index (χ2v) is 7.68. The number of nitriles is 1. The molecule has 3 nitrogen and oxygen atoms in total. The molecule has 0 aromatic heterocycles. The van der Waals surface area contributed by atoms with Gasteiger partial charge in [0.15, 0.2) is 6.04 Å². The molecule has 4 aromatic carbocycles. The van der Waals surface area contributed by atoms with Gasteiger partial charge >= 0.3 is 0 Å². The summed E-state index contributed by atoms with van der Waals surface area (Å²) in [5, 5.41) is 13.8. The topological polar surface area (TPSA) is 48.2 Å². The molecule has 3 heteroatoms. The summed E-state index contributed by atoms with van der Waals surface area (Å²) in [7, 11) is 0. The molecule has 0 aliphatic heterocycles. The minimum atomic E-state index is -0.631. The zero-order valence-electron chi connectivity index (χ0n) is 18.0. The predicted molar refractivity (Wildman–Crippen MR) is 132 cm³/mol. The maximum atomic E-state index is 10.2. The third kappa shape index (κ3) is 5.11. The fraction of sp³-hybridized carbons (Fsp3) is 0.103. The van der Waals surface area contributed by atoms with Crippen LogP contribution >= 0.6 is 0 Å². The Bertz CT molecular complexity index is 1150. The van der Waals surface area contributed by atoms with Crippen molar-refractivity contribution in [1.82, 2.24) is 0 Å². The molecule has 0 amide bonds. The Kier molecular flexibility index (Phi) is 6.75. The molecule has 156 valence electrons. The number of rotatable bonds is 7. The Balaban J connectivity index is 1.80. The van der Waals surface area contributed by atoms with E-state index in [0.29, 0.717) is 0 Å². The van der Waals surface area contributed by atoms with Crippen molar-refractivity contribution in [3.8, 4) is 6.07 Å². The van der Waals surface area contributed by atoms with Crippen LogP contribution in [0.3, 0.4) is 0 Å². The van der Waals surface area contributed by atoms with Gasteiger partial charge in [0.05, 0.1) is 17.8 Å². The molecular formula is C29H25N3. The van der Waals surface area contributed by atoms with Crippen LogP contribution in [-0.4, -0.2) is 11.8 Å². The molecule has 4 aromatic rings. The Morgan fingerprint density at radius 2 is 1.22 bits per heavy atom. The van der Waals surface area contributed by atoms with Gasteiger partial charge in [0.25, 0.3) is 0 Å². The summed E-state index contributed by atoms with van der Waals surface area (Å²) >= 11 is 0. The average Bonchev–Trinajstić information content (AvgIpc) is 2.86. The van der Waals surface area contributed by atoms with Crippen molar-refractivity contribution in [2.24, 2.45) is 4.99 Å². The van der Waals surface area contributed by atoms with Gasteiger partial charge in [-0.25, -0.2) is 0 Å². The molecule has 0 spiro atoms. The van der Waals surface area contributed by atoms with E-state index in [1.54, 1.807) is 0 Å². The van der Waals surface area contributed by atoms with E-state index in [1.165, 1.54) is 5.56 Å². The van der Waals surface area contributed by atoms with Gasteiger partial charge in [-0.3, -0.25) is 4.99 Å². The predicted octanol–water partition coefficient (Wildman–Crippen LogP) is 6.58. The first-order chi connectivity index (χ1) is 15.7. The normalized spacial score (nSPS) is 12.2. The molecule has 0 saturated heterocycles. The summed E-state index contributed by atoms with van der Waals surface area (Å²) < 4.78 is 0. The summed E-state index contributed by atoms with van der Waals surface area (Å²) in [5.74, 6) is 0. The molecule has 32 heavy (non-hydrogen) atoms. The van der Waals surface area contributed by atoms with E-state index in [1.807, 2.05) is 91.0 Å². The van der Waals surface area contributed by atoms with Gasteiger partial charge in [0.2, 0.25) is 0 Å². The van der Waals surface area contributed by atoms with Gasteiger partial charge in [-0.1, -0.05) is 109 Å². The minimum Gasteiger partial charge on any atom is -0.375 e. The molecule has 0 saturated carbocycles. The SMILES string of the molecule is Cc1ccc([C@H](Nc2ccccc2)[C@H](C#N)N=C(c2ccccc2)c2ccccc2)cc1. The van der Waals surface area contributed by atoms with E-state index in [4.69, 9.17) is 4.99 Å². The molecule has 4 rings (SSSR count). The molecular weight excluding hydrogens is 390 g/mol. The lowest BCUT2D eigenvalue weighted by Crippen LogP contribution is -2.25. The molecule has 0 unspecified atom stereocenters. The fourth-order valence-corrected chi connectivity index (χ4v) is 3.66. The van der Waals surface area contributed by atoms with Crippen LogP contribution in [0.25, 0.3) is 0 Å². The Hall–Kier alpha value is -4.16. The monoisotopic (exact) mass is 415 g/mol. The largest absolute Gasteiger partial charge is 0.375 e. The smallest absolute Gasteiger partial charge is 0.161 e. The number of para-hydroxylation sites is 1. The van der Waals surface area contributed by atoms with Gasteiger partial charge in [-0.15, -0.1) is 0 Å². The standard InChI is InChI=1S/C29H25N3/c1-22-17-19-25(20-18-22)29(31-26-15-9-4-10-16-26)27(21-30)32-28(23-11-5-2-6-12-23)24-13-7-3-8-14-24/h2-20,27,29,31H,1H3/t27-,29-/m0/s1. The zero-order chi connectivity index (χ0) is 22.2. The molecule has 0 heterocycles. The lowest BCUT2D eigenvalue weighted by Gasteiger charge is -2.24. The number of hydrogen-bond acceptors (Lipinski definition) is 3. The maximum Gasteiger partial charge on any atom is 0.161 e. The highest BCUT2D eigenvalue weighted by Crippen LogP contribution is 2.26. The minimum absolute atomic E-state index is 0.301. The van der Waals surface area contributed by atoms with Crippen LogP contribution in [0.1, 0.15) is 28.3 Å². The number of nitrogens with one attached hydrogen (secondary N) is 1. The summed E-state index contributed by atoms with van der Waals surface area (Å²) in [6, 6.07) is 39.9. The number of hydrogen-bond donors (Lipinski definition) is 1. The highest BCUT2D eigenvalue weighted by molar-refractivity contribution is 6.13. The van der Waals surface area contributed by atoms with Crippen LogP contribution in [0, 0.1) is 18.3 Å². The molecule has 0 radical (unpaired) electrons. The molecule has 0 bridgehead atoms. The fourth-order valence-electron chi connectivity index (χ4n) is 3.66. The molecule has 0 aliphatic carbocycles. The van der Waals surface area contributed by atoms with E-state index >= 15 is 0 Å².